The second kappa shape index (κ2) is 10.3. The summed E-state index contributed by atoms with van der Waals surface area (Å²) in [4.78, 5) is 12.6. The third kappa shape index (κ3) is 5.51. The summed E-state index contributed by atoms with van der Waals surface area (Å²) in [7, 11) is 0. The van der Waals surface area contributed by atoms with Gasteiger partial charge in [0, 0.05) is 0 Å². The van der Waals surface area contributed by atoms with Crippen LogP contribution >= 0.6 is 13.5 Å². The number of rotatable bonds is 7. The van der Waals surface area contributed by atoms with Gasteiger partial charge in [-0.3, -0.25) is 4.90 Å². The van der Waals surface area contributed by atoms with E-state index in [1.165, 1.54) is 0 Å². The molecule has 3 aromatic carbocycles. The zero-order chi connectivity index (χ0) is 22.6. The van der Waals surface area contributed by atoms with Crippen LogP contribution in [-0.4, -0.2) is 43.0 Å². The fourth-order valence-corrected chi connectivity index (χ4v) is 3.99. The predicted octanol–water partition coefficient (Wildman–Crippen LogP) is 5.49. The molecule has 174 valence electrons. The molecule has 0 bridgehead atoms. The minimum atomic E-state index is -4.49. The molecule has 1 saturated heterocycles. The Kier molecular flexibility index (Phi) is 7.71. The van der Waals surface area contributed by atoms with Crippen molar-refractivity contribution < 1.29 is 27.4 Å². The Morgan fingerprint density at radius 2 is 1.24 bits per heavy atom. The number of amides is 1. The summed E-state index contributed by atoms with van der Waals surface area (Å²) in [5, 5.41) is 0. The van der Waals surface area contributed by atoms with Crippen LogP contribution < -0.4 is 0 Å². The predicted molar refractivity (Wildman–Crippen MR) is 123 cm³/mol. The molecule has 0 aliphatic carbocycles. The molecule has 4 nitrogen and oxygen atoms in total. The van der Waals surface area contributed by atoms with Crippen molar-refractivity contribution in [1.29, 1.82) is 0 Å². The molecule has 0 saturated carbocycles. The maximum atomic E-state index is 12.8. The average Bonchev–Trinajstić information content (AvgIpc) is 3.14. The van der Waals surface area contributed by atoms with Crippen molar-refractivity contribution in [2.45, 2.75) is 17.9 Å². The molecule has 0 spiro atoms. The Bertz CT molecular complexity index is 936. The minimum absolute atomic E-state index is 0. The summed E-state index contributed by atoms with van der Waals surface area (Å²) in [5.41, 5.74) is 1.53. The summed E-state index contributed by atoms with van der Waals surface area (Å²) in [6.07, 6.45) is -6.29. The maximum absolute atomic E-state index is 12.8. The highest BCUT2D eigenvalue weighted by molar-refractivity contribution is 7.59. The van der Waals surface area contributed by atoms with Crippen LogP contribution in [0, 0.1) is 0 Å². The topological polar surface area (TPSA) is 38.8 Å². The molecule has 4 rings (SSSR count). The molecule has 3 aromatic rings. The van der Waals surface area contributed by atoms with Gasteiger partial charge in [-0.15, -0.1) is 0 Å². The van der Waals surface area contributed by atoms with E-state index < -0.39 is 30.5 Å². The van der Waals surface area contributed by atoms with Crippen molar-refractivity contribution >= 4 is 19.6 Å². The number of benzene rings is 3. The first-order valence-corrected chi connectivity index (χ1v) is 10.2. The van der Waals surface area contributed by atoms with Gasteiger partial charge in [0.1, 0.15) is 18.2 Å². The number of cyclic esters (lactones) is 1. The van der Waals surface area contributed by atoms with E-state index in [2.05, 4.69) is 0 Å². The van der Waals surface area contributed by atoms with Crippen molar-refractivity contribution in [1.82, 2.24) is 4.90 Å². The van der Waals surface area contributed by atoms with Gasteiger partial charge >= 0.3 is 12.3 Å². The number of carbonyl (C=O) groups excluding carboxylic acids is 1. The smallest absolute Gasteiger partial charge is 0.410 e. The SMILES string of the molecule is O=C1O[C@H](COC(c2ccccc2)(c2ccccc2)c2ccccc2)CN1CC(F)(F)F.S. The van der Waals surface area contributed by atoms with E-state index in [-0.39, 0.29) is 26.6 Å². The molecular weight excluding hydrogens is 451 g/mol. The molecule has 1 aliphatic rings. The van der Waals surface area contributed by atoms with Crippen LogP contribution in [0.2, 0.25) is 0 Å². The van der Waals surface area contributed by atoms with Gasteiger partial charge in [-0.2, -0.15) is 26.7 Å². The van der Waals surface area contributed by atoms with Crippen LogP contribution in [0.5, 0.6) is 0 Å². The molecule has 1 atom stereocenters. The molecule has 1 aliphatic heterocycles. The van der Waals surface area contributed by atoms with Crippen LogP contribution in [0.1, 0.15) is 16.7 Å². The molecule has 1 amide bonds. The Hall–Kier alpha value is -2.97. The zero-order valence-electron chi connectivity index (χ0n) is 17.7. The van der Waals surface area contributed by atoms with Gasteiger partial charge < -0.3 is 9.47 Å². The van der Waals surface area contributed by atoms with E-state index in [1.807, 2.05) is 91.0 Å². The highest BCUT2D eigenvalue weighted by atomic mass is 32.1. The second-order valence-electron chi connectivity index (χ2n) is 7.59. The third-order valence-electron chi connectivity index (χ3n) is 5.35. The van der Waals surface area contributed by atoms with Crippen molar-refractivity contribution in [3.8, 4) is 0 Å². The molecule has 0 N–H and O–H groups in total. The fraction of sp³-hybridized carbons (Fsp3) is 0.240. The van der Waals surface area contributed by atoms with E-state index in [0.29, 0.717) is 4.90 Å². The van der Waals surface area contributed by atoms with Crippen molar-refractivity contribution in [3.05, 3.63) is 108 Å². The minimum Gasteiger partial charge on any atom is -0.442 e. The summed E-state index contributed by atoms with van der Waals surface area (Å²) < 4.78 is 50.0. The lowest BCUT2D eigenvalue weighted by Crippen LogP contribution is -2.38. The molecular formula is C25H24F3NO3S. The zero-order valence-corrected chi connectivity index (χ0v) is 18.7. The van der Waals surface area contributed by atoms with Gasteiger partial charge in [-0.05, 0) is 16.7 Å². The molecule has 0 unspecified atom stereocenters. The summed E-state index contributed by atoms with van der Waals surface area (Å²) in [5.74, 6) is 0. The second-order valence-corrected chi connectivity index (χ2v) is 7.59. The van der Waals surface area contributed by atoms with Gasteiger partial charge in [0.2, 0.25) is 0 Å². The van der Waals surface area contributed by atoms with Crippen LogP contribution in [0.15, 0.2) is 91.0 Å². The Balaban J connectivity index is 0.00000306. The first kappa shape index (κ1) is 24.7. The number of carbonyl (C=O) groups is 1. The van der Waals surface area contributed by atoms with E-state index in [4.69, 9.17) is 9.47 Å². The van der Waals surface area contributed by atoms with Crippen molar-refractivity contribution in [2.75, 3.05) is 19.7 Å². The lowest BCUT2D eigenvalue weighted by molar-refractivity contribution is -0.139. The Labute approximate surface area is 197 Å². The number of alkyl halides is 3. The summed E-state index contributed by atoms with van der Waals surface area (Å²) >= 11 is 0. The van der Waals surface area contributed by atoms with Crippen molar-refractivity contribution in [3.63, 3.8) is 0 Å². The largest absolute Gasteiger partial charge is 0.442 e. The molecule has 1 heterocycles. The van der Waals surface area contributed by atoms with Crippen LogP contribution in [-0.2, 0) is 15.1 Å². The molecule has 33 heavy (non-hydrogen) atoms. The van der Waals surface area contributed by atoms with E-state index in [9.17, 15) is 18.0 Å². The highest BCUT2D eigenvalue weighted by Gasteiger charge is 2.42. The van der Waals surface area contributed by atoms with Gasteiger partial charge in [0.15, 0.2) is 0 Å². The molecule has 0 radical (unpaired) electrons. The third-order valence-corrected chi connectivity index (χ3v) is 5.35. The number of halogens is 3. The first-order chi connectivity index (χ1) is 15.4. The van der Waals surface area contributed by atoms with Gasteiger partial charge in [0.05, 0.1) is 13.2 Å². The number of nitrogens with zero attached hydrogens (tertiary/aromatic N) is 1. The Morgan fingerprint density at radius 3 is 1.64 bits per heavy atom. The lowest BCUT2D eigenvalue weighted by Gasteiger charge is -2.36. The summed E-state index contributed by atoms with van der Waals surface area (Å²) in [6, 6.07) is 28.8. The van der Waals surface area contributed by atoms with Gasteiger partial charge in [-0.25, -0.2) is 4.79 Å². The van der Waals surface area contributed by atoms with E-state index in [1.54, 1.807) is 0 Å². The molecule has 0 aromatic heterocycles. The number of ether oxygens (including phenoxy) is 2. The van der Waals surface area contributed by atoms with Gasteiger partial charge in [-0.1, -0.05) is 91.0 Å². The van der Waals surface area contributed by atoms with E-state index >= 15 is 0 Å². The van der Waals surface area contributed by atoms with Crippen LogP contribution in [0.3, 0.4) is 0 Å². The van der Waals surface area contributed by atoms with Crippen LogP contribution in [0.4, 0.5) is 18.0 Å². The average molecular weight is 476 g/mol. The Morgan fingerprint density at radius 1 is 0.818 bits per heavy atom. The highest BCUT2D eigenvalue weighted by Crippen LogP contribution is 2.40. The maximum Gasteiger partial charge on any atom is 0.410 e. The monoisotopic (exact) mass is 475 g/mol. The fourth-order valence-electron chi connectivity index (χ4n) is 3.99. The first-order valence-electron chi connectivity index (χ1n) is 10.2. The molecule has 1 fully saturated rings. The standard InChI is InChI=1S/C25H22F3NO3.H2S/c26-24(27,28)18-29-16-22(32-23(29)30)17-31-25(19-10-4-1-5-11-19,20-12-6-2-7-13-20)21-14-8-3-9-15-21;/h1-15,22H,16-18H2;1H2/t22-;/m0./s1. The van der Waals surface area contributed by atoms with Crippen LogP contribution in [0.25, 0.3) is 0 Å². The summed E-state index contributed by atoms with van der Waals surface area (Å²) in [6.45, 7) is -1.60. The lowest BCUT2D eigenvalue weighted by atomic mass is 9.80. The quantitative estimate of drug-likeness (QED) is 0.424. The molecule has 8 heteroatoms. The van der Waals surface area contributed by atoms with Crippen molar-refractivity contribution in [2.24, 2.45) is 0 Å². The van der Waals surface area contributed by atoms with Gasteiger partial charge in [0.25, 0.3) is 0 Å². The number of hydrogen-bond acceptors (Lipinski definition) is 3. The van der Waals surface area contributed by atoms with E-state index in [0.717, 1.165) is 16.7 Å². The number of hydrogen-bond donors (Lipinski definition) is 0. The normalized spacial score (nSPS) is 16.3.